The summed E-state index contributed by atoms with van der Waals surface area (Å²) in [6.07, 6.45) is -0.407. The van der Waals surface area contributed by atoms with Gasteiger partial charge in [-0.25, -0.2) is 0 Å². The lowest BCUT2D eigenvalue weighted by Gasteiger charge is -2.62. The molecule has 0 unspecified atom stereocenters. The molecule has 0 aliphatic carbocycles. The van der Waals surface area contributed by atoms with E-state index in [1.807, 2.05) is 49.1 Å². The van der Waals surface area contributed by atoms with Gasteiger partial charge in [-0.2, -0.15) is 0 Å². The maximum atomic E-state index is 12.4. The highest BCUT2D eigenvalue weighted by atomic mass is 16.5. The van der Waals surface area contributed by atoms with Gasteiger partial charge in [0.05, 0.1) is 12.6 Å². The number of rotatable bonds is 2. The second kappa shape index (κ2) is 4.22. The number of benzene rings is 1. The number of hydrogen-bond acceptors (Lipinski definition) is 3. The minimum atomic E-state index is -0.548. The summed E-state index contributed by atoms with van der Waals surface area (Å²) >= 11 is 0. The molecule has 2 saturated heterocycles. The van der Waals surface area contributed by atoms with Gasteiger partial charge in [0, 0.05) is 5.41 Å². The van der Waals surface area contributed by atoms with Crippen LogP contribution in [-0.2, 0) is 9.53 Å². The van der Waals surface area contributed by atoms with Crippen molar-refractivity contribution in [3.8, 4) is 5.75 Å². The molecular weight excluding hydrogens is 254 g/mol. The highest BCUT2D eigenvalue weighted by molar-refractivity contribution is 5.90. The molecule has 1 amide bonds. The van der Waals surface area contributed by atoms with Crippen LogP contribution in [-0.4, -0.2) is 35.3 Å². The number of fused-ring (bicyclic) bond motifs is 1. The zero-order chi connectivity index (χ0) is 14.5. The van der Waals surface area contributed by atoms with Crippen molar-refractivity contribution in [1.29, 1.82) is 0 Å². The van der Waals surface area contributed by atoms with E-state index in [9.17, 15) is 4.79 Å². The molecule has 3 rings (SSSR count). The van der Waals surface area contributed by atoms with Crippen LogP contribution in [0.3, 0.4) is 0 Å². The third-order valence-corrected chi connectivity index (χ3v) is 4.23. The summed E-state index contributed by atoms with van der Waals surface area (Å²) in [6.45, 7) is 8.74. The first kappa shape index (κ1) is 13.4. The van der Waals surface area contributed by atoms with E-state index in [2.05, 4.69) is 13.8 Å². The summed E-state index contributed by atoms with van der Waals surface area (Å²) in [5.41, 5.74) is -0.656. The largest absolute Gasteiger partial charge is 0.478 e. The lowest BCUT2D eigenvalue weighted by atomic mass is 9.73. The number of amides is 1. The Morgan fingerprint density at radius 3 is 2.50 bits per heavy atom. The van der Waals surface area contributed by atoms with Crippen molar-refractivity contribution in [2.75, 3.05) is 6.61 Å². The van der Waals surface area contributed by atoms with Gasteiger partial charge in [0.25, 0.3) is 5.91 Å². The SMILES string of the molecule is CC1(C)COC(C)(C)N2C(=O)[C@H](Oc3ccccc3)[C@H]21. The second-order valence-electron chi connectivity index (χ2n) is 6.73. The number of para-hydroxylation sites is 1. The van der Waals surface area contributed by atoms with Crippen molar-refractivity contribution in [3.63, 3.8) is 0 Å². The minimum Gasteiger partial charge on any atom is -0.478 e. The Labute approximate surface area is 119 Å². The Kier molecular flexibility index (Phi) is 2.83. The molecule has 4 nitrogen and oxygen atoms in total. The normalized spacial score (nSPS) is 30.4. The zero-order valence-corrected chi connectivity index (χ0v) is 12.4. The smallest absolute Gasteiger partial charge is 0.268 e. The van der Waals surface area contributed by atoms with E-state index in [1.54, 1.807) is 0 Å². The molecule has 2 aliphatic heterocycles. The molecular formula is C16H21NO3. The fourth-order valence-electron chi connectivity index (χ4n) is 3.10. The summed E-state index contributed by atoms with van der Waals surface area (Å²) in [5, 5.41) is 0. The van der Waals surface area contributed by atoms with Crippen LogP contribution in [0.4, 0.5) is 0 Å². The van der Waals surface area contributed by atoms with E-state index < -0.39 is 11.8 Å². The molecule has 0 spiro atoms. The lowest BCUT2D eigenvalue weighted by Crippen LogP contribution is -2.80. The quantitative estimate of drug-likeness (QED) is 0.778. The van der Waals surface area contributed by atoms with Crippen LogP contribution in [0, 0.1) is 5.41 Å². The topological polar surface area (TPSA) is 38.8 Å². The third-order valence-electron chi connectivity index (χ3n) is 4.23. The van der Waals surface area contributed by atoms with Crippen molar-refractivity contribution in [3.05, 3.63) is 30.3 Å². The van der Waals surface area contributed by atoms with Crippen molar-refractivity contribution >= 4 is 5.91 Å². The van der Waals surface area contributed by atoms with Gasteiger partial charge >= 0.3 is 0 Å². The molecule has 1 aromatic rings. The average Bonchev–Trinajstić information content (AvgIpc) is 2.39. The summed E-state index contributed by atoms with van der Waals surface area (Å²) < 4.78 is 11.7. The van der Waals surface area contributed by atoms with Crippen molar-refractivity contribution in [2.24, 2.45) is 5.41 Å². The number of hydrogen-bond donors (Lipinski definition) is 0. The van der Waals surface area contributed by atoms with Crippen LogP contribution in [0.5, 0.6) is 5.75 Å². The zero-order valence-electron chi connectivity index (χ0n) is 12.4. The molecule has 108 valence electrons. The molecule has 0 saturated carbocycles. The highest BCUT2D eigenvalue weighted by Crippen LogP contribution is 2.46. The monoisotopic (exact) mass is 275 g/mol. The Balaban J connectivity index is 1.85. The fourth-order valence-corrected chi connectivity index (χ4v) is 3.10. The molecule has 0 aromatic heterocycles. The molecule has 1 aromatic carbocycles. The van der Waals surface area contributed by atoms with E-state index in [1.165, 1.54) is 0 Å². The molecule has 2 heterocycles. The van der Waals surface area contributed by atoms with Gasteiger partial charge in [0.1, 0.15) is 11.5 Å². The first-order chi connectivity index (χ1) is 9.33. The molecule has 20 heavy (non-hydrogen) atoms. The van der Waals surface area contributed by atoms with Crippen LogP contribution >= 0.6 is 0 Å². The molecule has 4 heteroatoms. The average molecular weight is 275 g/mol. The molecule has 2 fully saturated rings. The Morgan fingerprint density at radius 1 is 1.20 bits per heavy atom. The van der Waals surface area contributed by atoms with E-state index >= 15 is 0 Å². The van der Waals surface area contributed by atoms with Gasteiger partial charge in [-0.05, 0) is 26.0 Å². The Bertz CT molecular complexity index is 524. The lowest BCUT2D eigenvalue weighted by molar-refractivity contribution is -0.272. The van der Waals surface area contributed by atoms with Crippen molar-refractivity contribution in [1.82, 2.24) is 4.90 Å². The third kappa shape index (κ3) is 1.90. The fraction of sp³-hybridized carbons (Fsp3) is 0.562. The van der Waals surface area contributed by atoms with E-state index in [4.69, 9.17) is 9.47 Å². The molecule has 2 aliphatic rings. The van der Waals surface area contributed by atoms with Crippen molar-refractivity contribution < 1.29 is 14.3 Å². The first-order valence-corrected chi connectivity index (χ1v) is 7.02. The predicted octanol–water partition coefficient (Wildman–Crippen LogP) is 2.44. The predicted molar refractivity (Wildman–Crippen MR) is 75.3 cm³/mol. The minimum absolute atomic E-state index is 0.0108. The molecule has 2 atom stereocenters. The number of carbonyl (C=O) groups is 1. The van der Waals surface area contributed by atoms with Crippen LogP contribution in [0.15, 0.2) is 30.3 Å². The van der Waals surface area contributed by atoms with Gasteiger partial charge in [-0.3, -0.25) is 4.79 Å². The van der Waals surface area contributed by atoms with Gasteiger partial charge in [-0.15, -0.1) is 0 Å². The summed E-state index contributed by atoms with van der Waals surface area (Å²) in [7, 11) is 0. The Morgan fingerprint density at radius 2 is 1.85 bits per heavy atom. The maximum Gasteiger partial charge on any atom is 0.268 e. The molecule has 0 N–H and O–H groups in total. The van der Waals surface area contributed by atoms with Crippen LogP contribution in [0.1, 0.15) is 27.7 Å². The first-order valence-electron chi connectivity index (χ1n) is 7.02. The van der Waals surface area contributed by atoms with E-state index in [-0.39, 0.29) is 17.4 Å². The van der Waals surface area contributed by atoms with Crippen LogP contribution < -0.4 is 4.74 Å². The van der Waals surface area contributed by atoms with Crippen LogP contribution in [0.25, 0.3) is 0 Å². The van der Waals surface area contributed by atoms with Crippen LogP contribution in [0.2, 0.25) is 0 Å². The van der Waals surface area contributed by atoms with Gasteiger partial charge in [-0.1, -0.05) is 32.0 Å². The highest BCUT2D eigenvalue weighted by Gasteiger charge is 2.63. The molecule has 0 bridgehead atoms. The summed E-state index contributed by atoms with van der Waals surface area (Å²) in [6, 6.07) is 9.58. The Hall–Kier alpha value is -1.55. The molecule has 0 radical (unpaired) electrons. The second-order valence-corrected chi connectivity index (χ2v) is 6.73. The number of nitrogens with zero attached hydrogens (tertiary/aromatic N) is 1. The number of β-lactam (4-membered cyclic amide) rings is 1. The summed E-state index contributed by atoms with van der Waals surface area (Å²) in [4.78, 5) is 14.2. The maximum absolute atomic E-state index is 12.4. The number of ether oxygens (including phenoxy) is 2. The summed E-state index contributed by atoms with van der Waals surface area (Å²) in [5.74, 6) is 0.752. The van der Waals surface area contributed by atoms with Gasteiger partial charge in [0.2, 0.25) is 0 Å². The van der Waals surface area contributed by atoms with E-state index in [0.29, 0.717) is 6.61 Å². The number of carbonyl (C=O) groups excluding carboxylic acids is 1. The van der Waals surface area contributed by atoms with E-state index in [0.717, 1.165) is 5.75 Å². The van der Waals surface area contributed by atoms with Crippen molar-refractivity contribution in [2.45, 2.75) is 45.6 Å². The van der Waals surface area contributed by atoms with Gasteiger partial charge in [0.15, 0.2) is 6.10 Å². The van der Waals surface area contributed by atoms with Gasteiger partial charge < -0.3 is 14.4 Å². The standard InChI is InChI=1S/C16H21NO3/c1-15(2)10-19-16(3,4)17-13(15)12(14(17)18)20-11-8-6-5-7-9-11/h5-9,12-13H,10H2,1-4H3/t12-,13+/m1/s1.